The van der Waals surface area contributed by atoms with E-state index in [1.807, 2.05) is 20.9 Å². The highest BCUT2D eigenvalue weighted by Crippen LogP contribution is 2.27. The molecule has 3 nitrogen and oxygen atoms in total. The van der Waals surface area contributed by atoms with Gasteiger partial charge in [-0.15, -0.1) is 0 Å². The summed E-state index contributed by atoms with van der Waals surface area (Å²) in [5.41, 5.74) is -0.405. The fourth-order valence-corrected chi connectivity index (χ4v) is 0.674. The molecule has 2 N–H and O–H groups in total. The molecule has 0 fully saturated rings. The summed E-state index contributed by atoms with van der Waals surface area (Å²) in [6.07, 6.45) is 0. The highest BCUT2D eigenvalue weighted by atomic mass is 16.5. The van der Waals surface area contributed by atoms with E-state index in [4.69, 9.17) is 10.6 Å². The van der Waals surface area contributed by atoms with E-state index < -0.39 is 0 Å². The van der Waals surface area contributed by atoms with Gasteiger partial charge < -0.3 is 4.74 Å². The average molecular weight is 160 g/mol. The Balaban J connectivity index is 4.53. The Morgan fingerprint density at radius 2 is 1.55 bits per heavy atom. The van der Waals surface area contributed by atoms with E-state index in [0.29, 0.717) is 0 Å². The first-order valence-electron chi connectivity index (χ1n) is 3.79. The number of rotatable bonds is 3. The summed E-state index contributed by atoms with van der Waals surface area (Å²) in [6, 6.07) is 0. The summed E-state index contributed by atoms with van der Waals surface area (Å²) in [7, 11) is 3.55. The lowest BCUT2D eigenvalue weighted by Crippen LogP contribution is -2.59. The molecule has 0 aliphatic heterocycles. The number of hydrogen-bond acceptors (Lipinski definition) is 3. The fourth-order valence-electron chi connectivity index (χ4n) is 0.674. The van der Waals surface area contributed by atoms with Gasteiger partial charge in [0.05, 0.1) is 11.1 Å². The maximum Gasteiger partial charge on any atom is 0.0813 e. The van der Waals surface area contributed by atoms with Crippen LogP contribution < -0.4 is 5.84 Å². The summed E-state index contributed by atoms with van der Waals surface area (Å²) in [5.74, 6) is 5.69. The third kappa shape index (κ3) is 1.92. The van der Waals surface area contributed by atoms with Gasteiger partial charge in [-0.05, 0) is 27.7 Å². The third-order valence-electron chi connectivity index (χ3n) is 2.87. The molecule has 0 saturated carbocycles. The second-order valence-electron chi connectivity index (χ2n) is 3.88. The van der Waals surface area contributed by atoms with Gasteiger partial charge in [-0.25, -0.2) is 5.01 Å². The first-order chi connectivity index (χ1) is 4.75. The van der Waals surface area contributed by atoms with E-state index in [9.17, 15) is 0 Å². The van der Waals surface area contributed by atoms with Gasteiger partial charge in [0.1, 0.15) is 0 Å². The van der Waals surface area contributed by atoms with Crippen LogP contribution >= 0.6 is 0 Å². The maximum absolute atomic E-state index is 5.69. The molecule has 0 bridgehead atoms. The minimum atomic E-state index is -0.240. The molecule has 0 atom stereocenters. The number of hydrogen-bond donors (Lipinski definition) is 1. The summed E-state index contributed by atoms with van der Waals surface area (Å²) < 4.78 is 5.34. The van der Waals surface area contributed by atoms with Crippen LogP contribution in [-0.2, 0) is 4.74 Å². The summed E-state index contributed by atoms with van der Waals surface area (Å²) in [6.45, 7) is 8.15. The minimum Gasteiger partial charge on any atom is -0.377 e. The molecule has 0 radical (unpaired) electrons. The van der Waals surface area contributed by atoms with E-state index in [-0.39, 0.29) is 11.1 Å². The zero-order valence-corrected chi connectivity index (χ0v) is 8.43. The molecule has 0 saturated heterocycles. The van der Waals surface area contributed by atoms with Crippen LogP contribution in [0.25, 0.3) is 0 Å². The van der Waals surface area contributed by atoms with Crippen molar-refractivity contribution in [2.24, 2.45) is 5.84 Å². The van der Waals surface area contributed by atoms with Gasteiger partial charge in [0, 0.05) is 14.2 Å². The summed E-state index contributed by atoms with van der Waals surface area (Å²) >= 11 is 0. The van der Waals surface area contributed by atoms with Crippen LogP contribution in [0.3, 0.4) is 0 Å². The Morgan fingerprint density at radius 1 is 1.18 bits per heavy atom. The molecule has 0 aromatic rings. The predicted octanol–water partition coefficient (Wildman–Crippen LogP) is 0.996. The topological polar surface area (TPSA) is 38.5 Å². The molecular weight excluding hydrogens is 140 g/mol. The molecule has 68 valence electrons. The molecule has 0 aromatic heterocycles. The molecule has 0 heterocycles. The third-order valence-corrected chi connectivity index (χ3v) is 2.87. The first kappa shape index (κ1) is 10.9. The normalized spacial score (nSPS) is 14.2. The van der Waals surface area contributed by atoms with Crippen LogP contribution in [0, 0.1) is 0 Å². The van der Waals surface area contributed by atoms with Crippen LogP contribution in [0.2, 0.25) is 0 Å². The van der Waals surface area contributed by atoms with Crippen molar-refractivity contribution in [2.75, 3.05) is 14.2 Å². The van der Waals surface area contributed by atoms with Gasteiger partial charge in [0.15, 0.2) is 0 Å². The molecule has 11 heavy (non-hydrogen) atoms. The Hall–Kier alpha value is -0.120. The smallest absolute Gasteiger partial charge is 0.0813 e. The van der Waals surface area contributed by atoms with Crippen molar-refractivity contribution in [3.8, 4) is 0 Å². The Morgan fingerprint density at radius 3 is 1.64 bits per heavy atom. The lowest BCUT2D eigenvalue weighted by Gasteiger charge is -2.44. The van der Waals surface area contributed by atoms with Gasteiger partial charge in [0.25, 0.3) is 0 Å². The van der Waals surface area contributed by atoms with Gasteiger partial charge in [-0.1, -0.05) is 0 Å². The number of hydrazine groups is 1. The molecule has 3 heteroatoms. The van der Waals surface area contributed by atoms with Crippen LogP contribution in [0.5, 0.6) is 0 Å². The Labute approximate surface area is 69.5 Å². The largest absolute Gasteiger partial charge is 0.377 e. The molecule has 0 spiro atoms. The molecule has 0 rings (SSSR count). The monoisotopic (exact) mass is 160 g/mol. The summed E-state index contributed by atoms with van der Waals surface area (Å²) in [4.78, 5) is 0. The van der Waals surface area contributed by atoms with Crippen LogP contribution in [0.15, 0.2) is 0 Å². The molecule has 0 unspecified atom stereocenters. The van der Waals surface area contributed by atoms with E-state index in [0.717, 1.165) is 0 Å². The maximum atomic E-state index is 5.69. The van der Waals surface area contributed by atoms with Crippen molar-refractivity contribution in [2.45, 2.75) is 38.8 Å². The van der Waals surface area contributed by atoms with Crippen LogP contribution in [-0.4, -0.2) is 30.3 Å². The summed E-state index contributed by atoms with van der Waals surface area (Å²) in [5, 5.41) is 1.68. The van der Waals surface area contributed by atoms with E-state index in [1.54, 1.807) is 12.1 Å². The fraction of sp³-hybridized carbons (Fsp3) is 1.00. The van der Waals surface area contributed by atoms with Crippen molar-refractivity contribution >= 4 is 0 Å². The number of methoxy groups -OCH3 is 1. The molecule has 0 aromatic carbocycles. The molecule has 0 aliphatic carbocycles. The Kier molecular flexibility index (Phi) is 3.06. The molecular formula is C8H20N2O. The number of ether oxygens (including phenoxy) is 1. The van der Waals surface area contributed by atoms with Gasteiger partial charge in [0.2, 0.25) is 0 Å². The number of likely N-dealkylation sites (N-methyl/N-ethyl adjacent to an activating group) is 1. The van der Waals surface area contributed by atoms with E-state index >= 15 is 0 Å². The lowest BCUT2D eigenvalue weighted by molar-refractivity contribution is -0.0912. The zero-order valence-electron chi connectivity index (χ0n) is 8.43. The number of nitrogens with zero attached hydrogens (tertiary/aromatic N) is 1. The van der Waals surface area contributed by atoms with Crippen molar-refractivity contribution in [3.63, 3.8) is 0 Å². The zero-order chi connectivity index (χ0) is 9.28. The highest BCUT2D eigenvalue weighted by Gasteiger charge is 2.39. The number of nitrogens with two attached hydrogens (primary N) is 1. The van der Waals surface area contributed by atoms with Gasteiger partial charge in [-0.2, -0.15) is 0 Å². The second-order valence-corrected chi connectivity index (χ2v) is 3.88. The van der Waals surface area contributed by atoms with Crippen molar-refractivity contribution in [1.29, 1.82) is 0 Å². The van der Waals surface area contributed by atoms with Crippen LogP contribution in [0.1, 0.15) is 27.7 Å². The van der Waals surface area contributed by atoms with E-state index in [1.165, 1.54) is 0 Å². The molecule has 0 aliphatic rings. The second kappa shape index (κ2) is 3.09. The quantitative estimate of drug-likeness (QED) is 0.494. The average Bonchev–Trinajstić information content (AvgIpc) is 1.87. The predicted molar refractivity (Wildman–Crippen MR) is 47.1 cm³/mol. The minimum absolute atomic E-state index is 0.165. The van der Waals surface area contributed by atoms with Crippen molar-refractivity contribution in [3.05, 3.63) is 0 Å². The van der Waals surface area contributed by atoms with Crippen molar-refractivity contribution < 1.29 is 4.74 Å². The SMILES string of the molecule is COC(C)(C)C(C)(C)N(C)N. The first-order valence-corrected chi connectivity index (χ1v) is 3.79. The standard InChI is InChI=1S/C8H20N2O/c1-7(2,10(5)9)8(3,4)11-6/h9H2,1-6H3. The van der Waals surface area contributed by atoms with Crippen LogP contribution in [0.4, 0.5) is 0 Å². The van der Waals surface area contributed by atoms with Gasteiger partial charge in [-0.3, -0.25) is 5.84 Å². The Bertz CT molecular complexity index is 130. The molecule has 0 amide bonds. The van der Waals surface area contributed by atoms with E-state index in [2.05, 4.69) is 13.8 Å². The van der Waals surface area contributed by atoms with Gasteiger partial charge >= 0.3 is 0 Å². The lowest BCUT2D eigenvalue weighted by atomic mass is 9.85. The van der Waals surface area contributed by atoms with Crippen molar-refractivity contribution in [1.82, 2.24) is 5.01 Å². The highest BCUT2D eigenvalue weighted by molar-refractivity contribution is 4.93.